The highest BCUT2D eigenvalue weighted by Crippen LogP contribution is 2.17. The van der Waals surface area contributed by atoms with Gasteiger partial charge in [-0.2, -0.15) is 4.52 Å². The molecule has 7 nitrogen and oxygen atoms in total. The first kappa shape index (κ1) is 18.6. The van der Waals surface area contributed by atoms with E-state index in [1.807, 2.05) is 19.9 Å². The van der Waals surface area contributed by atoms with Crippen molar-refractivity contribution < 1.29 is 9.53 Å². The number of aromatic nitrogens is 4. The van der Waals surface area contributed by atoms with Crippen LogP contribution in [0, 0.1) is 0 Å². The predicted molar refractivity (Wildman–Crippen MR) is 99.1 cm³/mol. The Labute approximate surface area is 154 Å². The van der Waals surface area contributed by atoms with Gasteiger partial charge in [0, 0.05) is 24.9 Å². The van der Waals surface area contributed by atoms with Crippen molar-refractivity contribution in [3.8, 4) is 5.88 Å². The van der Waals surface area contributed by atoms with Crippen LogP contribution in [-0.2, 0) is 11.2 Å². The summed E-state index contributed by atoms with van der Waals surface area (Å²) in [6.45, 7) is 3.91. The van der Waals surface area contributed by atoms with Gasteiger partial charge in [0.1, 0.15) is 0 Å². The minimum atomic E-state index is 0.0504. The molecule has 142 valence electrons. The van der Waals surface area contributed by atoms with Gasteiger partial charge in [0.25, 0.3) is 0 Å². The third-order valence-electron chi connectivity index (χ3n) is 4.71. The molecule has 2 aromatic heterocycles. The van der Waals surface area contributed by atoms with E-state index in [2.05, 4.69) is 20.6 Å². The first-order valence-corrected chi connectivity index (χ1v) is 9.79. The molecule has 1 aliphatic carbocycles. The second kappa shape index (κ2) is 8.96. The Bertz CT molecular complexity index is 720. The SMILES string of the molecule is CC(C)Oc1ccc2nnc(CCC(=O)NC3CCCCCCC3)n2n1. The van der Waals surface area contributed by atoms with E-state index in [1.54, 1.807) is 10.6 Å². The summed E-state index contributed by atoms with van der Waals surface area (Å²) in [7, 11) is 0. The molecule has 0 bridgehead atoms. The molecule has 1 N–H and O–H groups in total. The van der Waals surface area contributed by atoms with E-state index in [9.17, 15) is 4.79 Å². The van der Waals surface area contributed by atoms with Crippen LogP contribution in [0.5, 0.6) is 5.88 Å². The van der Waals surface area contributed by atoms with E-state index in [0.717, 1.165) is 12.8 Å². The summed E-state index contributed by atoms with van der Waals surface area (Å²) < 4.78 is 7.30. The fourth-order valence-corrected chi connectivity index (χ4v) is 3.40. The van der Waals surface area contributed by atoms with Gasteiger partial charge < -0.3 is 10.1 Å². The van der Waals surface area contributed by atoms with Crippen LogP contribution < -0.4 is 10.1 Å². The van der Waals surface area contributed by atoms with Gasteiger partial charge in [-0.15, -0.1) is 15.3 Å². The van der Waals surface area contributed by atoms with E-state index in [0.29, 0.717) is 36.2 Å². The van der Waals surface area contributed by atoms with Crippen LogP contribution in [0.2, 0.25) is 0 Å². The van der Waals surface area contributed by atoms with Crippen LogP contribution in [0.25, 0.3) is 5.65 Å². The molecule has 0 radical (unpaired) electrons. The summed E-state index contributed by atoms with van der Waals surface area (Å²) >= 11 is 0. The van der Waals surface area contributed by atoms with Crippen molar-refractivity contribution in [1.82, 2.24) is 25.1 Å². The average molecular weight is 359 g/mol. The number of aryl methyl sites for hydroxylation is 1. The minimum absolute atomic E-state index is 0.0504. The molecule has 1 fully saturated rings. The fourth-order valence-electron chi connectivity index (χ4n) is 3.40. The molecule has 3 rings (SSSR count). The summed E-state index contributed by atoms with van der Waals surface area (Å²) in [5.41, 5.74) is 0.663. The minimum Gasteiger partial charge on any atom is -0.474 e. The number of amides is 1. The molecule has 0 saturated heterocycles. The first-order chi connectivity index (χ1) is 12.6. The van der Waals surface area contributed by atoms with Gasteiger partial charge >= 0.3 is 0 Å². The van der Waals surface area contributed by atoms with E-state index in [1.165, 1.54) is 32.1 Å². The molecule has 0 spiro atoms. The standard InChI is InChI=1S/C19H29N5O2/c1-14(2)26-19-13-11-17-22-21-16(24(17)23-19)10-12-18(25)20-15-8-6-4-3-5-7-9-15/h11,13-15H,3-10,12H2,1-2H3,(H,20,25). The zero-order valence-corrected chi connectivity index (χ0v) is 15.8. The summed E-state index contributed by atoms with van der Waals surface area (Å²) in [5.74, 6) is 1.30. The van der Waals surface area contributed by atoms with Gasteiger partial charge in [0.05, 0.1) is 6.10 Å². The zero-order valence-electron chi connectivity index (χ0n) is 15.8. The molecule has 7 heteroatoms. The van der Waals surface area contributed by atoms with Gasteiger partial charge in [-0.05, 0) is 32.8 Å². The maximum atomic E-state index is 12.3. The number of hydrogen-bond donors (Lipinski definition) is 1. The highest BCUT2D eigenvalue weighted by molar-refractivity contribution is 5.76. The lowest BCUT2D eigenvalue weighted by Crippen LogP contribution is -2.35. The molecule has 2 aromatic rings. The molecular formula is C19H29N5O2. The van der Waals surface area contributed by atoms with E-state index in [-0.39, 0.29) is 12.0 Å². The third kappa shape index (κ3) is 5.16. The van der Waals surface area contributed by atoms with Crippen LogP contribution in [-0.4, -0.2) is 37.9 Å². The second-order valence-corrected chi connectivity index (χ2v) is 7.33. The van der Waals surface area contributed by atoms with Crippen LogP contribution in [0.3, 0.4) is 0 Å². The van der Waals surface area contributed by atoms with Gasteiger partial charge in [-0.1, -0.05) is 32.1 Å². The maximum Gasteiger partial charge on any atom is 0.232 e. The van der Waals surface area contributed by atoms with Crippen LogP contribution >= 0.6 is 0 Å². The summed E-state index contributed by atoms with van der Waals surface area (Å²) in [6.07, 6.45) is 9.46. The second-order valence-electron chi connectivity index (χ2n) is 7.33. The number of fused-ring (bicyclic) bond motifs is 1. The largest absolute Gasteiger partial charge is 0.474 e. The lowest BCUT2D eigenvalue weighted by atomic mass is 9.96. The molecule has 0 unspecified atom stereocenters. The number of ether oxygens (including phenoxy) is 1. The van der Waals surface area contributed by atoms with E-state index < -0.39 is 0 Å². The van der Waals surface area contributed by atoms with Crippen molar-refractivity contribution in [1.29, 1.82) is 0 Å². The molecule has 0 aromatic carbocycles. The van der Waals surface area contributed by atoms with Gasteiger partial charge in [-0.25, -0.2) is 0 Å². The fraction of sp³-hybridized carbons (Fsp3) is 0.684. The Balaban J connectivity index is 1.57. The Morgan fingerprint density at radius 2 is 1.92 bits per heavy atom. The Kier molecular flexibility index (Phi) is 6.41. The predicted octanol–water partition coefficient (Wildman–Crippen LogP) is 3.07. The molecule has 26 heavy (non-hydrogen) atoms. The maximum absolute atomic E-state index is 12.3. The van der Waals surface area contributed by atoms with Gasteiger partial charge in [-0.3, -0.25) is 4.79 Å². The molecular weight excluding hydrogens is 330 g/mol. The molecule has 1 saturated carbocycles. The van der Waals surface area contributed by atoms with E-state index >= 15 is 0 Å². The molecule has 0 atom stereocenters. The number of nitrogens with one attached hydrogen (secondary N) is 1. The topological polar surface area (TPSA) is 81.4 Å². The normalized spacial score (nSPS) is 16.4. The average Bonchev–Trinajstić information content (AvgIpc) is 2.97. The number of carbonyl (C=O) groups is 1. The monoisotopic (exact) mass is 359 g/mol. The third-order valence-corrected chi connectivity index (χ3v) is 4.71. The van der Waals surface area contributed by atoms with Crippen LogP contribution in [0.15, 0.2) is 12.1 Å². The number of rotatable bonds is 6. The van der Waals surface area contributed by atoms with Crippen molar-refractivity contribution >= 4 is 11.6 Å². The van der Waals surface area contributed by atoms with Crippen LogP contribution in [0.4, 0.5) is 0 Å². The van der Waals surface area contributed by atoms with Crippen LogP contribution in [0.1, 0.15) is 71.0 Å². The Morgan fingerprint density at radius 1 is 1.19 bits per heavy atom. The smallest absolute Gasteiger partial charge is 0.232 e. The Hall–Kier alpha value is -2.18. The van der Waals surface area contributed by atoms with E-state index in [4.69, 9.17) is 4.74 Å². The van der Waals surface area contributed by atoms with Crippen molar-refractivity contribution in [3.05, 3.63) is 18.0 Å². The van der Waals surface area contributed by atoms with Gasteiger partial charge in [0.15, 0.2) is 11.5 Å². The molecule has 1 amide bonds. The summed E-state index contributed by atoms with van der Waals surface area (Å²) in [6, 6.07) is 3.94. The first-order valence-electron chi connectivity index (χ1n) is 9.79. The summed E-state index contributed by atoms with van der Waals surface area (Å²) in [4.78, 5) is 12.3. The number of carbonyl (C=O) groups excluding carboxylic acids is 1. The quantitative estimate of drug-likeness (QED) is 0.857. The van der Waals surface area contributed by atoms with Crippen molar-refractivity contribution in [2.24, 2.45) is 0 Å². The number of hydrogen-bond acceptors (Lipinski definition) is 5. The molecule has 1 aliphatic rings. The lowest BCUT2D eigenvalue weighted by Gasteiger charge is -2.20. The lowest BCUT2D eigenvalue weighted by molar-refractivity contribution is -0.121. The highest BCUT2D eigenvalue weighted by Gasteiger charge is 2.15. The molecule has 2 heterocycles. The highest BCUT2D eigenvalue weighted by atomic mass is 16.5. The Morgan fingerprint density at radius 3 is 2.65 bits per heavy atom. The van der Waals surface area contributed by atoms with Crippen molar-refractivity contribution in [2.75, 3.05) is 0 Å². The zero-order chi connectivity index (χ0) is 18.4. The van der Waals surface area contributed by atoms with Gasteiger partial charge in [0.2, 0.25) is 11.8 Å². The molecule has 0 aliphatic heterocycles. The summed E-state index contributed by atoms with van der Waals surface area (Å²) in [5, 5.41) is 15.9. The van der Waals surface area contributed by atoms with Crippen molar-refractivity contribution in [3.63, 3.8) is 0 Å². The van der Waals surface area contributed by atoms with Crippen molar-refractivity contribution in [2.45, 2.75) is 83.8 Å². The number of nitrogens with zero attached hydrogens (tertiary/aromatic N) is 4.